The summed E-state index contributed by atoms with van der Waals surface area (Å²) in [7, 11) is 0. The fraction of sp³-hybridized carbons (Fsp3) is 0.250. The van der Waals surface area contributed by atoms with Crippen LogP contribution in [0.5, 0.6) is 0 Å². The van der Waals surface area contributed by atoms with E-state index in [0.29, 0.717) is 0 Å². The predicted octanol–water partition coefficient (Wildman–Crippen LogP) is -2.48. The van der Waals surface area contributed by atoms with Crippen LogP contribution in [0.2, 0.25) is 0 Å². The van der Waals surface area contributed by atoms with Crippen LogP contribution in [-0.2, 0) is 0 Å². The number of hydrogen-bond donors (Lipinski definition) is 1. The summed E-state index contributed by atoms with van der Waals surface area (Å²) in [6, 6.07) is 3.30. The lowest BCUT2D eigenvalue weighted by Gasteiger charge is -1.99. The molecule has 0 atom stereocenters. The Labute approximate surface area is 77.6 Å². The molecule has 0 fully saturated rings. The second-order valence-corrected chi connectivity index (χ2v) is 2.48. The molecule has 0 saturated heterocycles. The third kappa shape index (κ3) is 1.95. The summed E-state index contributed by atoms with van der Waals surface area (Å²) in [4.78, 5) is 10.8. The van der Waals surface area contributed by atoms with E-state index in [2.05, 4.69) is 0 Å². The maximum atomic E-state index is 10.8. The van der Waals surface area contributed by atoms with Gasteiger partial charge in [0.25, 0.3) is 0 Å². The van der Waals surface area contributed by atoms with Gasteiger partial charge in [0, 0.05) is 0 Å². The van der Waals surface area contributed by atoms with Crippen LogP contribution in [0.3, 0.4) is 0 Å². The lowest BCUT2D eigenvalue weighted by molar-refractivity contribution is -0.577. The normalized spacial score (nSPS) is 8.83. The number of amides is 1. The first-order chi connectivity index (χ1) is 5.13. The fourth-order valence-corrected chi connectivity index (χ4v) is 0.935. The van der Waals surface area contributed by atoms with Crippen molar-refractivity contribution in [3.05, 3.63) is 29.6 Å². The van der Waals surface area contributed by atoms with Crippen LogP contribution >= 0.6 is 0 Å². The van der Waals surface area contributed by atoms with Crippen molar-refractivity contribution in [3.8, 4) is 0 Å². The molecule has 0 aliphatic heterocycles. The molecular weight excluding hydrogens is 176 g/mol. The molecule has 1 amide bonds. The van der Waals surface area contributed by atoms with Gasteiger partial charge in [0.1, 0.15) is 5.69 Å². The largest absolute Gasteiger partial charge is 1.00 e. The van der Waals surface area contributed by atoms with E-state index in [1.54, 1.807) is 12.3 Å². The summed E-state index contributed by atoms with van der Waals surface area (Å²) in [6.45, 7) is 3.80. The van der Waals surface area contributed by atoms with Gasteiger partial charge in [-0.25, -0.2) is 0 Å². The number of halogens is 1. The number of rotatable bonds is 0. The van der Waals surface area contributed by atoms with Crippen molar-refractivity contribution in [1.29, 1.82) is 0 Å². The van der Waals surface area contributed by atoms with Gasteiger partial charge in [0.05, 0.1) is 6.20 Å². The average Bonchev–Trinajstić information content (AvgIpc) is 1.94. The number of aromatic nitrogens is 1. The van der Waals surface area contributed by atoms with Crippen molar-refractivity contribution >= 4 is 6.03 Å². The van der Waals surface area contributed by atoms with E-state index in [9.17, 15) is 4.79 Å². The van der Waals surface area contributed by atoms with E-state index in [1.165, 1.54) is 4.57 Å². The van der Waals surface area contributed by atoms with Crippen molar-refractivity contribution in [2.45, 2.75) is 13.8 Å². The molecule has 4 heteroatoms. The van der Waals surface area contributed by atoms with Crippen molar-refractivity contribution in [1.82, 2.24) is 0 Å². The van der Waals surface area contributed by atoms with Gasteiger partial charge in [-0.2, -0.15) is 9.36 Å². The van der Waals surface area contributed by atoms with Gasteiger partial charge in [-0.3, -0.25) is 5.73 Å². The van der Waals surface area contributed by atoms with Crippen LogP contribution in [0.4, 0.5) is 4.79 Å². The molecule has 0 unspecified atom stereocenters. The Bertz CT molecular complexity index is 299. The maximum absolute atomic E-state index is 10.8. The Morgan fingerprint density at radius 2 is 2.08 bits per heavy atom. The molecule has 1 aromatic heterocycles. The molecule has 0 aromatic carbocycles. The fourth-order valence-electron chi connectivity index (χ4n) is 0.935. The second kappa shape index (κ2) is 4.07. The summed E-state index contributed by atoms with van der Waals surface area (Å²) in [6.07, 6.45) is 1.66. The molecule has 0 saturated carbocycles. The lowest BCUT2D eigenvalue weighted by Crippen LogP contribution is -3.00. The van der Waals surface area contributed by atoms with E-state index in [1.807, 2.05) is 19.9 Å². The molecule has 1 heterocycles. The van der Waals surface area contributed by atoms with Crippen molar-refractivity contribution in [2.75, 3.05) is 0 Å². The molecule has 3 nitrogen and oxygen atoms in total. The van der Waals surface area contributed by atoms with E-state index in [4.69, 9.17) is 5.73 Å². The zero-order chi connectivity index (χ0) is 8.43. The zero-order valence-electron chi connectivity index (χ0n) is 7.04. The van der Waals surface area contributed by atoms with Crippen LogP contribution in [0.25, 0.3) is 0 Å². The minimum Gasteiger partial charge on any atom is -1.00 e. The van der Waals surface area contributed by atoms with Gasteiger partial charge in [-0.1, -0.05) is 6.07 Å². The van der Waals surface area contributed by atoms with E-state index < -0.39 is 6.03 Å². The van der Waals surface area contributed by atoms with Gasteiger partial charge in [-0.05, 0) is 25.5 Å². The Kier molecular flexibility index (Phi) is 3.70. The minimum atomic E-state index is -0.439. The molecule has 66 valence electrons. The molecule has 12 heavy (non-hydrogen) atoms. The van der Waals surface area contributed by atoms with Crippen LogP contribution in [0.1, 0.15) is 11.3 Å². The van der Waals surface area contributed by atoms with Crippen LogP contribution < -0.4 is 22.7 Å². The SMILES string of the molecule is Cc1ccc[n+](C(N)=O)c1C.[Cl-]. The van der Waals surface area contributed by atoms with E-state index >= 15 is 0 Å². The van der Waals surface area contributed by atoms with Crippen LogP contribution in [0, 0.1) is 13.8 Å². The Morgan fingerprint density at radius 1 is 1.50 bits per heavy atom. The van der Waals surface area contributed by atoms with Gasteiger partial charge in [0.2, 0.25) is 0 Å². The third-order valence-electron chi connectivity index (χ3n) is 1.75. The number of nitrogens with two attached hydrogens (primary N) is 1. The number of nitrogens with zero attached hydrogens (tertiary/aromatic N) is 1. The molecule has 0 bridgehead atoms. The number of pyridine rings is 1. The molecule has 1 aromatic rings. The number of primary amides is 1. The molecule has 0 spiro atoms. The highest BCUT2D eigenvalue weighted by Crippen LogP contribution is 1.97. The first-order valence-corrected chi connectivity index (χ1v) is 3.40. The molecule has 2 N–H and O–H groups in total. The molecule has 1 rings (SSSR count). The first-order valence-electron chi connectivity index (χ1n) is 3.40. The Balaban J connectivity index is 0.00000121. The molecule has 0 aliphatic rings. The second-order valence-electron chi connectivity index (χ2n) is 2.48. The van der Waals surface area contributed by atoms with E-state index in [-0.39, 0.29) is 12.4 Å². The summed E-state index contributed by atoms with van der Waals surface area (Å²) in [5.41, 5.74) is 7.06. The number of carbonyl (C=O) groups is 1. The van der Waals surface area contributed by atoms with Gasteiger partial charge in [-0.15, -0.1) is 0 Å². The first kappa shape index (κ1) is 10.9. The summed E-state index contributed by atoms with van der Waals surface area (Å²) in [5, 5.41) is 0. The molecule has 0 aliphatic carbocycles. The standard InChI is InChI=1S/C8H10N2O.ClH/c1-6-4-3-5-10(7(6)2)8(9)11;/h3-5H,1-2H3,(H-,9,11);1H. The monoisotopic (exact) mass is 186 g/mol. The Morgan fingerprint density at radius 3 is 2.50 bits per heavy atom. The zero-order valence-corrected chi connectivity index (χ0v) is 7.80. The highest BCUT2D eigenvalue weighted by molar-refractivity contribution is 5.61. The van der Waals surface area contributed by atoms with Gasteiger partial charge >= 0.3 is 6.03 Å². The van der Waals surface area contributed by atoms with Crippen molar-refractivity contribution < 1.29 is 21.8 Å². The molecular formula is C8H11ClN2O. The molecule has 0 radical (unpaired) electrons. The van der Waals surface area contributed by atoms with Gasteiger partial charge in [0.15, 0.2) is 0 Å². The maximum Gasteiger partial charge on any atom is 0.493 e. The van der Waals surface area contributed by atoms with E-state index in [0.717, 1.165) is 11.3 Å². The van der Waals surface area contributed by atoms with Crippen LogP contribution in [0.15, 0.2) is 18.3 Å². The summed E-state index contributed by atoms with van der Waals surface area (Å²) < 4.78 is 1.43. The van der Waals surface area contributed by atoms with Crippen molar-refractivity contribution in [2.24, 2.45) is 5.73 Å². The smallest absolute Gasteiger partial charge is 0.493 e. The van der Waals surface area contributed by atoms with Crippen LogP contribution in [-0.4, -0.2) is 6.03 Å². The Hall–Kier alpha value is -1.09. The third-order valence-corrected chi connectivity index (χ3v) is 1.75. The quantitative estimate of drug-likeness (QED) is 0.449. The topological polar surface area (TPSA) is 47.0 Å². The number of aryl methyl sites for hydroxylation is 1. The number of hydrogen-bond acceptors (Lipinski definition) is 1. The summed E-state index contributed by atoms with van der Waals surface area (Å²) >= 11 is 0. The minimum absolute atomic E-state index is 0. The van der Waals surface area contributed by atoms with Crippen molar-refractivity contribution in [3.63, 3.8) is 0 Å². The average molecular weight is 187 g/mol. The number of carbonyl (C=O) groups excluding carboxylic acids is 1. The summed E-state index contributed by atoms with van der Waals surface area (Å²) in [5.74, 6) is 0. The predicted molar refractivity (Wildman–Crippen MR) is 41.1 cm³/mol. The lowest BCUT2D eigenvalue weighted by atomic mass is 10.2. The van der Waals surface area contributed by atoms with Gasteiger partial charge < -0.3 is 12.4 Å². The highest BCUT2D eigenvalue weighted by Gasteiger charge is 2.09. The highest BCUT2D eigenvalue weighted by atomic mass is 35.5.